The van der Waals surface area contributed by atoms with Gasteiger partial charge >= 0.3 is 5.97 Å². The van der Waals surface area contributed by atoms with Crippen LogP contribution < -0.4 is 0 Å². The normalized spacial score (nSPS) is 20.8. The number of carboxylic acids is 1. The molecule has 7 heteroatoms. The lowest BCUT2D eigenvalue weighted by Crippen LogP contribution is -2.51. The van der Waals surface area contributed by atoms with E-state index in [-0.39, 0.29) is 18.6 Å². The maximum atomic E-state index is 12.8. The van der Waals surface area contributed by atoms with Crippen LogP contribution >= 0.6 is 0 Å². The summed E-state index contributed by atoms with van der Waals surface area (Å²) in [5, 5.41) is 13.5. The number of aromatic nitrogens is 2. The quantitative estimate of drug-likeness (QED) is 0.922. The van der Waals surface area contributed by atoms with E-state index in [0.717, 1.165) is 5.69 Å². The molecule has 2 aromatic rings. The van der Waals surface area contributed by atoms with Crippen LogP contribution in [0.1, 0.15) is 23.0 Å². The first-order chi connectivity index (χ1) is 11.5. The summed E-state index contributed by atoms with van der Waals surface area (Å²) in [6.07, 6.45) is 0.360. The zero-order valence-electron chi connectivity index (χ0n) is 13.5. The predicted octanol–water partition coefficient (Wildman–Crippen LogP) is 1.49. The van der Waals surface area contributed by atoms with E-state index >= 15 is 0 Å². The number of hydrogen-bond acceptors (Lipinski definition) is 4. The Hall–Kier alpha value is -2.67. The first-order valence-electron chi connectivity index (χ1n) is 7.75. The minimum atomic E-state index is -1.06. The molecule has 1 saturated heterocycles. The second-order valence-corrected chi connectivity index (χ2v) is 5.89. The summed E-state index contributed by atoms with van der Waals surface area (Å²) >= 11 is 0. The molecule has 1 aliphatic heterocycles. The van der Waals surface area contributed by atoms with Gasteiger partial charge in [-0.05, 0) is 26.0 Å². The highest BCUT2D eigenvalue weighted by molar-refractivity contribution is 5.95. The Labute approximate surface area is 139 Å². The van der Waals surface area contributed by atoms with Gasteiger partial charge in [-0.15, -0.1) is 0 Å². The highest BCUT2D eigenvalue weighted by Gasteiger charge is 2.34. The average molecular weight is 329 g/mol. The number of carboxylic acid groups (broad SMARTS) is 1. The number of hydrogen-bond donors (Lipinski definition) is 1. The minimum absolute atomic E-state index is 0.0362. The molecule has 2 atom stereocenters. The summed E-state index contributed by atoms with van der Waals surface area (Å²) in [5.41, 5.74) is 1.94. The molecular formula is C17H19N3O4. The highest BCUT2D eigenvalue weighted by Crippen LogP contribution is 2.18. The molecule has 3 rings (SSSR count). The molecule has 1 amide bonds. The second kappa shape index (κ2) is 6.45. The number of morpholine rings is 1. The van der Waals surface area contributed by atoms with Crippen molar-refractivity contribution in [2.45, 2.75) is 26.1 Å². The van der Waals surface area contributed by atoms with Crippen molar-refractivity contribution >= 4 is 11.9 Å². The smallest absolute Gasteiger partial charge is 0.334 e. The fourth-order valence-corrected chi connectivity index (χ4v) is 2.81. The molecule has 0 spiro atoms. The molecule has 1 aromatic heterocycles. The van der Waals surface area contributed by atoms with Gasteiger partial charge in [0.25, 0.3) is 5.91 Å². The van der Waals surface area contributed by atoms with Crippen molar-refractivity contribution in [2.75, 3.05) is 13.1 Å². The van der Waals surface area contributed by atoms with Gasteiger partial charge in [0, 0.05) is 12.7 Å². The maximum Gasteiger partial charge on any atom is 0.334 e. The Morgan fingerprint density at radius 3 is 2.62 bits per heavy atom. The van der Waals surface area contributed by atoms with Gasteiger partial charge in [0.05, 0.1) is 29.6 Å². The molecule has 1 unspecified atom stereocenters. The van der Waals surface area contributed by atoms with Crippen LogP contribution in [0.4, 0.5) is 0 Å². The van der Waals surface area contributed by atoms with E-state index < -0.39 is 12.1 Å². The van der Waals surface area contributed by atoms with Crippen molar-refractivity contribution < 1.29 is 19.4 Å². The highest BCUT2D eigenvalue weighted by atomic mass is 16.5. The van der Waals surface area contributed by atoms with E-state index in [2.05, 4.69) is 5.10 Å². The third-order valence-electron chi connectivity index (χ3n) is 3.97. The first-order valence-corrected chi connectivity index (χ1v) is 7.75. The zero-order chi connectivity index (χ0) is 17.3. The summed E-state index contributed by atoms with van der Waals surface area (Å²) in [4.78, 5) is 25.5. The van der Waals surface area contributed by atoms with Gasteiger partial charge in [-0.1, -0.05) is 18.2 Å². The van der Waals surface area contributed by atoms with Crippen molar-refractivity contribution in [1.82, 2.24) is 14.7 Å². The second-order valence-electron chi connectivity index (χ2n) is 5.89. The number of carbonyl (C=O) groups is 2. The predicted molar refractivity (Wildman–Crippen MR) is 86.2 cm³/mol. The third-order valence-corrected chi connectivity index (χ3v) is 3.97. The molecule has 1 N–H and O–H groups in total. The number of amides is 1. The molecule has 7 nitrogen and oxygen atoms in total. The van der Waals surface area contributed by atoms with E-state index in [1.165, 1.54) is 4.90 Å². The molecule has 0 bridgehead atoms. The summed E-state index contributed by atoms with van der Waals surface area (Å²) in [6, 6.07) is 9.51. The van der Waals surface area contributed by atoms with Crippen LogP contribution in [0.15, 0.2) is 36.5 Å². The van der Waals surface area contributed by atoms with Gasteiger partial charge < -0.3 is 14.7 Å². The van der Waals surface area contributed by atoms with Crippen molar-refractivity contribution in [1.29, 1.82) is 0 Å². The Bertz CT molecular complexity index is 756. The number of aryl methyl sites for hydroxylation is 1. The number of carbonyl (C=O) groups excluding carboxylic acids is 1. The molecule has 1 fully saturated rings. The van der Waals surface area contributed by atoms with E-state index in [4.69, 9.17) is 9.84 Å². The van der Waals surface area contributed by atoms with Crippen LogP contribution in [0.2, 0.25) is 0 Å². The van der Waals surface area contributed by atoms with Gasteiger partial charge in [0.2, 0.25) is 0 Å². The number of benzene rings is 1. The molecular weight excluding hydrogens is 310 g/mol. The number of rotatable bonds is 3. The summed E-state index contributed by atoms with van der Waals surface area (Å²) in [6.45, 7) is 3.92. The molecule has 1 aliphatic rings. The summed E-state index contributed by atoms with van der Waals surface area (Å²) < 4.78 is 7.01. The lowest BCUT2D eigenvalue weighted by molar-refractivity contribution is -0.160. The third kappa shape index (κ3) is 3.16. The molecule has 24 heavy (non-hydrogen) atoms. The van der Waals surface area contributed by atoms with E-state index in [1.54, 1.807) is 24.7 Å². The molecule has 0 saturated carbocycles. The van der Waals surface area contributed by atoms with Gasteiger partial charge in [0.15, 0.2) is 6.10 Å². The Balaban J connectivity index is 1.85. The van der Waals surface area contributed by atoms with Crippen LogP contribution in [0.25, 0.3) is 5.69 Å². The lowest BCUT2D eigenvalue weighted by atomic mass is 10.1. The zero-order valence-corrected chi connectivity index (χ0v) is 13.5. The van der Waals surface area contributed by atoms with E-state index in [0.29, 0.717) is 17.8 Å². The van der Waals surface area contributed by atoms with Gasteiger partial charge in [-0.25, -0.2) is 9.48 Å². The number of para-hydroxylation sites is 1. The van der Waals surface area contributed by atoms with Crippen LogP contribution in [0.5, 0.6) is 0 Å². The molecule has 0 radical (unpaired) electrons. The van der Waals surface area contributed by atoms with Gasteiger partial charge in [0.1, 0.15) is 0 Å². The lowest BCUT2D eigenvalue weighted by Gasteiger charge is -2.34. The van der Waals surface area contributed by atoms with Gasteiger partial charge in [-0.2, -0.15) is 5.10 Å². The molecule has 0 aliphatic carbocycles. The van der Waals surface area contributed by atoms with E-state index in [9.17, 15) is 9.59 Å². The Morgan fingerprint density at radius 2 is 1.96 bits per heavy atom. The van der Waals surface area contributed by atoms with Gasteiger partial charge in [-0.3, -0.25) is 4.79 Å². The summed E-state index contributed by atoms with van der Waals surface area (Å²) in [7, 11) is 0. The average Bonchev–Trinajstić information content (AvgIpc) is 2.96. The first kappa shape index (κ1) is 16.2. The van der Waals surface area contributed by atoms with Crippen molar-refractivity contribution in [3.05, 3.63) is 47.8 Å². The van der Waals surface area contributed by atoms with Crippen LogP contribution in [-0.2, 0) is 9.53 Å². The monoisotopic (exact) mass is 329 g/mol. The van der Waals surface area contributed by atoms with Crippen molar-refractivity contribution in [3.63, 3.8) is 0 Å². The standard InChI is InChI=1S/C17H19N3O4/c1-11-8-19(10-15(24-11)17(22)23)16(21)14-9-20(18-12(14)2)13-6-4-3-5-7-13/h3-7,9,11,15H,8,10H2,1-2H3,(H,22,23)/t11-,15?/m1/s1. The van der Waals surface area contributed by atoms with Crippen LogP contribution in [0, 0.1) is 6.92 Å². The van der Waals surface area contributed by atoms with Crippen LogP contribution in [0.3, 0.4) is 0 Å². The number of aliphatic carboxylic acids is 1. The number of ether oxygens (including phenoxy) is 1. The van der Waals surface area contributed by atoms with Crippen molar-refractivity contribution in [2.24, 2.45) is 0 Å². The largest absolute Gasteiger partial charge is 0.479 e. The maximum absolute atomic E-state index is 12.8. The summed E-state index contributed by atoms with van der Waals surface area (Å²) in [5.74, 6) is -1.29. The SMILES string of the molecule is Cc1nn(-c2ccccc2)cc1C(=O)N1CC(C(=O)O)O[C@H](C)C1. The minimum Gasteiger partial charge on any atom is -0.479 e. The van der Waals surface area contributed by atoms with Crippen LogP contribution in [-0.4, -0.2) is 57.0 Å². The Kier molecular flexibility index (Phi) is 4.35. The molecule has 126 valence electrons. The Morgan fingerprint density at radius 1 is 1.25 bits per heavy atom. The number of nitrogens with zero attached hydrogens (tertiary/aromatic N) is 3. The van der Waals surface area contributed by atoms with Crippen molar-refractivity contribution in [3.8, 4) is 5.69 Å². The molecule has 2 heterocycles. The topological polar surface area (TPSA) is 84.7 Å². The fraction of sp³-hybridized carbons (Fsp3) is 0.353. The fourth-order valence-electron chi connectivity index (χ4n) is 2.81. The molecule has 1 aromatic carbocycles. The van der Waals surface area contributed by atoms with E-state index in [1.807, 2.05) is 30.3 Å².